The molecule has 1 aromatic carbocycles. The molecule has 0 saturated carbocycles. The molecule has 0 unspecified atom stereocenters. The van der Waals surface area contributed by atoms with Gasteiger partial charge in [-0.2, -0.15) is 0 Å². The quantitative estimate of drug-likeness (QED) is 0.874. The van der Waals surface area contributed by atoms with Crippen LogP contribution in [0.15, 0.2) is 59.4 Å². The van der Waals surface area contributed by atoms with Gasteiger partial charge in [-0.1, -0.05) is 18.2 Å². The molecule has 104 valence electrons. The second-order valence-corrected chi connectivity index (χ2v) is 4.44. The molecule has 1 amide bonds. The molecule has 0 atom stereocenters. The summed E-state index contributed by atoms with van der Waals surface area (Å²) < 4.78 is 5.16. The molecule has 21 heavy (non-hydrogen) atoms. The molecular weight excluding hydrogens is 266 g/mol. The second kappa shape index (κ2) is 5.58. The molecule has 5 heteroatoms. The van der Waals surface area contributed by atoms with Crippen molar-refractivity contribution in [2.24, 2.45) is 4.99 Å². The van der Waals surface area contributed by atoms with E-state index in [1.54, 1.807) is 25.4 Å². The van der Waals surface area contributed by atoms with Gasteiger partial charge in [-0.25, -0.2) is 4.99 Å². The molecule has 0 bridgehead atoms. The smallest absolute Gasteiger partial charge is 0.275 e. The first-order valence-corrected chi connectivity index (χ1v) is 6.43. The van der Waals surface area contributed by atoms with E-state index in [-0.39, 0.29) is 5.91 Å². The lowest BCUT2D eigenvalue weighted by Crippen LogP contribution is -2.25. The van der Waals surface area contributed by atoms with Gasteiger partial charge in [-0.05, 0) is 35.9 Å². The molecule has 1 aromatic heterocycles. The van der Waals surface area contributed by atoms with Crippen molar-refractivity contribution in [2.45, 2.75) is 0 Å². The van der Waals surface area contributed by atoms with Gasteiger partial charge in [0.15, 0.2) is 5.84 Å². The maximum Gasteiger partial charge on any atom is 0.275 e. The van der Waals surface area contributed by atoms with Crippen molar-refractivity contribution in [3.8, 4) is 5.75 Å². The third kappa shape index (κ3) is 2.81. The van der Waals surface area contributed by atoms with Gasteiger partial charge in [0.25, 0.3) is 5.91 Å². The Balaban J connectivity index is 1.93. The van der Waals surface area contributed by atoms with E-state index in [1.165, 1.54) is 0 Å². The van der Waals surface area contributed by atoms with Gasteiger partial charge in [0.05, 0.1) is 7.11 Å². The molecule has 0 radical (unpaired) electrons. The highest BCUT2D eigenvalue weighted by molar-refractivity contribution is 6.19. The molecule has 5 nitrogen and oxygen atoms in total. The average molecular weight is 279 g/mol. The van der Waals surface area contributed by atoms with Gasteiger partial charge in [0, 0.05) is 6.20 Å². The Labute approximate surface area is 122 Å². The number of hydrogen-bond acceptors (Lipinski definition) is 4. The number of ether oxygens (including phenoxy) is 1. The van der Waals surface area contributed by atoms with Crippen molar-refractivity contribution < 1.29 is 9.53 Å². The number of methoxy groups -OCH3 is 1. The van der Waals surface area contributed by atoms with Crippen LogP contribution in [-0.2, 0) is 4.79 Å². The summed E-state index contributed by atoms with van der Waals surface area (Å²) in [6.07, 6.45) is 3.38. The third-order valence-corrected chi connectivity index (χ3v) is 3.00. The monoisotopic (exact) mass is 279 g/mol. The van der Waals surface area contributed by atoms with Crippen LogP contribution in [0, 0.1) is 0 Å². The van der Waals surface area contributed by atoms with Crippen molar-refractivity contribution in [1.82, 2.24) is 10.3 Å². The summed E-state index contributed by atoms with van der Waals surface area (Å²) in [6, 6.07) is 12.9. The van der Waals surface area contributed by atoms with E-state index in [2.05, 4.69) is 15.3 Å². The maximum absolute atomic E-state index is 12.0. The number of hydrogen-bond donors (Lipinski definition) is 1. The molecule has 0 spiro atoms. The fourth-order valence-electron chi connectivity index (χ4n) is 1.98. The molecule has 0 saturated heterocycles. The minimum absolute atomic E-state index is 0.238. The van der Waals surface area contributed by atoms with Crippen LogP contribution in [-0.4, -0.2) is 23.8 Å². The van der Waals surface area contributed by atoms with E-state index in [0.29, 0.717) is 17.2 Å². The topological polar surface area (TPSA) is 63.6 Å². The van der Waals surface area contributed by atoms with Crippen LogP contribution in [0.2, 0.25) is 0 Å². The van der Waals surface area contributed by atoms with Gasteiger partial charge < -0.3 is 10.1 Å². The van der Waals surface area contributed by atoms with E-state index in [0.717, 1.165) is 11.3 Å². The molecule has 3 rings (SSSR count). The molecule has 2 heterocycles. The number of aliphatic imine (C=N–C) groups is 1. The fraction of sp³-hybridized carbons (Fsp3) is 0.0625. The van der Waals surface area contributed by atoms with Crippen LogP contribution in [0.3, 0.4) is 0 Å². The number of amides is 1. The van der Waals surface area contributed by atoms with Crippen LogP contribution in [0.5, 0.6) is 5.75 Å². The maximum atomic E-state index is 12.0. The molecule has 1 aliphatic heterocycles. The van der Waals surface area contributed by atoms with Gasteiger partial charge in [0.1, 0.15) is 17.1 Å². The third-order valence-electron chi connectivity index (χ3n) is 3.00. The van der Waals surface area contributed by atoms with Crippen molar-refractivity contribution in [1.29, 1.82) is 0 Å². The summed E-state index contributed by atoms with van der Waals surface area (Å²) in [5.41, 5.74) is 1.84. The van der Waals surface area contributed by atoms with Crippen molar-refractivity contribution in [2.75, 3.05) is 7.11 Å². The first-order chi connectivity index (χ1) is 10.3. The van der Waals surface area contributed by atoms with Crippen LogP contribution in [0.4, 0.5) is 0 Å². The number of rotatable bonds is 3. The number of pyridine rings is 1. The minimum Gasteiger partial charge on any atom is -0.497 e. The van der Waals surface area contributed by atoms with E-state index in [9.17, 15) is 4.79 Å². The van der Waals surface area contributed by atoms with E-state index in [1.807, 2.05) is 36.4 Å². The van der Waals surface area contributed by atoms with E-state index < -0.39 is 0 Å². The van der Waals surface area contributed by atoms with Crippen molar-refractivity contribution in [3.05, 3.63) is 65.6 Å². The molecular formula is C16H13N3O2. The Morgan fingerprint density at radius 3 is 2.86 bits per heavy atom. The minimum atomic E-state index is -0.238. The lowest BCUT2D eigenvalue weighted by molar-refractivity contribution is -0.115. The summed E-state index contributed by atoms with van der Waals surface area (Å²) in [4.78, 5) is 20.4. The van der Waals surface area contributed by atoms with Crippen LogP contribution >= 0.6 is 0 Å². The van der Waals surface area contributed by atoms with Crippen LogP contribution < -0.4 is 10.1 Å². The molecule has 2 aromatic rings. The SMILES string of the molecule is COc1cccc(/C=C2/N=C(c3ccccn3)NC2=O)c1. The van der Waals surface area contributed by atoms with Gasteiger partial charge in [-0.15, -0.1) is 0 Å². The number of carbonyl (C=O) groups is 1. The highest BCUT2D eigenvalue weighted by atomic mass is 16.5. The van der Waals surface area contributed by atoms with Gasteiger partial charge in [-0.3, -0.25) is 9.78 Å². The van der Waals surface area contributed by atoms with Gasteiger partial charge in [0.2, 0.25) is 0 Å². The largest absolute Gasteiger partial charge is 0.497 e. The highest BCUT2D eigenvalue weighted by Crippen LogP contribution is 2.18. The summed E-state index contributed by atoms with van der Waals surface area (Å²) in [7, 11) is 1.60. The van der Waals surface area contributed by atoms with Crippen LogP contribution in [0.1, 0.15) is 11.3 Å². The van der Waals surface area contributed by atoms with Crippen molar-refractivity contribution in [3.63, 3.8) is 0 Å². The Hall–Kier alpha value is -2.95. The molecule has 1 aliphatic rings. The Morgan fingerprint density at radius 1 is 1.19 bits per heavy atom. The molecule has 1 N–H and O–H groups in total. The van der Waals surface area contributed by atoms with Crippen molar-refractivity contribution >= 4 is 17.8 Å². The summed E-state index contributed by atoms with van der Waals surface area (Å²) in [5, 5.41) is 2.72. The number of benzene rings is 1. The Morgan fingerprint density at radius 2 is 2.10 bits per heavy atom. The summed E-state index contributed by atoms with van der Waals surface area (Å²) >= 11 is 0. The number of nitrogens with zero attached hydrogens (tertiary/aromatic N) is 2. The Bertz CT molecular complexity index is 736. The van der Waals surface area contributed by atoms with E-state index >= 15 is 0 Å². The first kappa shape index (κ1) is 13.1. The zero-order valence-corrected chi connectivity index (χ0v) is 11.4. The normalized spacial score (nSPS) is 15.8. The number of nitrogens with one attached hydrogen (secondary N) is 1. The lowest BCUT2D eigenvalue weighted by Gasteiger charge is -2.00. The summed E-state index contributed by atoms with van der Waals surface area (Å²) in [6.45, 7) is 0. The Kier molecular flexibility index (Phi) is 3.47. The standard InChI is InChI=1S/C16H13N3O2/c1-21-12-6-4-5-11(9-12)10-14-16(20)19-15(18-14)13-7-2-3-8-17-13/h2-10H,1H3,(H,18,19,20)/b14-10+. The average Bonchev–Trinajstić information content (AvgIpc) is 2.89. The summed E-state index contributed by atoms with van der Waals surface area (Å²) in [5.74, 6) is 0.963. The zero-order valence-electron chi connectivity index (χ0n) is 11.4. The zero-order chi connectivity index (χ0) is 14.7. The predicted octanol–water partition coefficient (Wildman–Crippen LogP) is 2.01. The second-order valence-electron chi connectivity index (χ2n) is 4.44. The predicted molar refractivity (Wildman–Crippen MR) is 79.9 cm³/mol. The molecule has 0 aliphatic carbocycles. The fourth-order valence-corrected chi connectivity index (χ4v) is 1.98. The van der Waals surface area contributed by atoms with Gasteiger partial charge >= 0.3 is 0 Å². The first-order valence-electron chi connectivity index (χ1n) is 6.43. The molecule has 0 fully saturated rings. The number of aromatic nitrogens is 1. The lowest BCUT2D eigenvalue weighted by atomic mass is 10.2. The number of carbonyl (C=O) groups excluding carboxylic acids is 1. The number of amidine groups is 1. The van der Waals surface area contributed by atoms with Crippen LogP contribution in [0.25, 0.3) is 6.08 Å². The highest BCUT2D eigenvalue weighted by Gasteiger charge is 2.21. The van der Waals surface area contributed by atoms with E-state index in [4.69, 9.17) is 4.74 Å².